The van der Waals surface area contributed by atoms with E-state index in [0.29, 0.717) is 5.56 Å². The van der Waals surface area contributed by atoms with Crippen LogP contribution in [0.2, 0.25) is 0 Å². The maximum absolute atomic E-state index is 13.6. The fourth-order valence-electron chi connectivity index (χ4n) is 2.16. The largest absolute Gasteiger partial charge is 0.384 e. The molecular formula is C17H18F2O. The van der Waals surface area contributed by atoms with Crippen molar-refractivity contribution in [1.82, 2.24) is 0 Å². The van der Waals surface area contributed by atoms with Crippen LogP contribution in [0.5, 0.6) is 0 Å². The van der Waals surface area contributed by atoms with Crippen LogP contribution in [0.4, 0.5) is 8.78 Å². The molecule has 0 amide bonds. The van der Waals surface area contributed by atoms with Gasteiger partial charge in [-0.3, -0.25) is 0 Å². The molecule has 0 bridgehead atoms. The normalized spacial score (nSPS) is 12.4. The lowest BCUT2D eigenvalue weighted by Gasteiger charge is -2.13. The minimum absolute atomic E-state index is 0.0358. The van der Waals surface area contributed by atoms with Gasteiger partial charge in [0.1, 0.15) is 6.10 Å². The summed E-state index contributed by atoms with van der Waals surface area (Å²) >= 11 is 0. The molecule has 0 radical (unpaired) electrons. The first-order valence-electron chi connectivity index (χ1n) is 6.84. The molecule has 0 saturated carbocycles. The molecule has 0 heterocycles. The molecule has 0 aliphatic heterocycles. The molecule has 2 rings (SSSR count). The summed E-state index contributed by atoms with van der Waals surface area (Å²) in [6.45, 7) is 2.13. The second kappa shape index (κ2) is 6.62. The van der Waals surface area contributed by atoms with Gasteiger partial charge >= 0.3 is 0 Å². The summed E-state index contributed by atoms with van der Waals surface area (Å²) in [5.41, 5.74) is 1.71. The minimum atomic E-state index is -1.15. The predicted molar refractivity (Wildman–Crippen MR) is 75.5 cm³/mol. The van der Waals surface area contributed by atoms with Gasteiger partial charge in [-0.1, -0.05) is 49.7 Å². The third kappa shape index (κ3) is 3.23. The SMILES string of the molecule is CCCCc1ccc(C(O)c2cccc(F)c2F)cc1. The van der Waals surface area contributed by atoms with Crippen LogP contribution >= 0.6 is 0 Å². The molecule has 3 heteroatoms. The standard InChI is InChI=1S/C17H18F2O/c1-2-3-5-12-8-10-13(11-9-12)17(20)14-6-4-7-15(18)16(14)19/h4,6-11,17,20H,2-3,5H2,1H3. The summed E-state index contributed by atoms with van der Waals surface area (Å²) in [5.74, 6) is -1.93. The predicted octanol–water partition coefficient (Wildman–Crippen LogP) is 4.39. The number of rotatable bonds is 5. The third-order valence-corrected chi connectivity index (χ3v) is 3.39. The molecule has 2 aromatic carbocycles. The van der Waals surface area contributed by atoms with Gasteiger partial charge in [0.2, 0.25) is 0 Å². The second-order valence-electron chi connectivity index (χ2n) is 4.89. The Morgan fingerprint density at radius 1 is 1.05 bits per heavy atom. The first-order valence-corrected chi connectivity index (χ1v) is 6.84. The van der Waals surface area contributed by atoms with Gasteiger partial charge in [0.05, 0.1) is 0 Å². The molecule has 1 atom stereocenters. The number of unbranched alkanes of at least 4 members (excludes halogenated alkanes) is 1. The number of halogens is 2. The molecule has 20 heavy (non-hydrogen) atoms. The minimum Gasteiger partial charge on any atom is -0.384 e. The van der Waals surface area contributed by atoms with Crippen LogP contribution in [-0.2, 0) is 6.42 Å². The van der Waals surface area contributed by atoms with Crippen LogP contribution in [-0.4, -0.2) is 5.11 Å². The van der Waals surface area contributed by atoms with Gasteiger partial charge in [0, 0.05) is 5.56 Å². The quantitative estimate of drug-likeness (QED) is 0.858. The summed E-state index contributed by atoms with van der Waals surface area (Å²) in [7, 11) is 0. The average Bonchev–Trinajstić information content (AvgIpc) is 2.48. The fourth-order valence-corrected chi connectivity index (χ4v) is 2.16. The maximum atomic E-state index is 13.6. The van der Waals surface area contributed by atoms with Crippen molar-refractivity contribution >= 4 is 0 Å². The lowest BCUT2D eigenvalue weighted by Crippen LogP contribution is -2.04. The smallest absolute Gasteiger partial charge is 0.164 e. The molecule has 1 N–H and O–H groups in total. The van der Waals surface area contributed by atoms with Crippen LogP contribution in [0.1, 0.15) is 42.6 Å². The highest BCUT2D eigenvalue weighted by atomic mass is 19.2. The highest BCUT2D eigenvalue weighted by Crippen LogP contribution is 2.25. The van der Waals surface area contributed by atoms with Gasteiger partial charge in [-0.15, -0.1) is 0 Å². The van der Waals surface area contributed by atoms with Crippen molar-refractivity contribution in [3.05, 3.63) is 70.8 Å². The molecule has 1 unspecified atom stereocenters. The molecule has 1 nitrogen and oxygen atoms in total. The van der Waals surface area contributed by atoms with Gasteiger partial charge in [0.25, 0.3) is 0 Å². The van der Waals surface area contributed by atoms with E-state index in [1.54, 1.807) is 12.1 Å². The molecule has 0 aliphatic carbocycles. The van der Waals surface area contributed by atoms with E-state index in [1.165, 1.54) is 17.7 Å². The highest BCUT2D eigenvalue weighted by Gasteiger charge is 2.17. The van der Waals surface area contributed by atoms with Gasteiger partial charge in [-0.05, 0) is 30.0 Å². The zero-order valence-electron chi connectivity index (χ0n) is 11.4. The van der Waals surface area contributed by atoms with Crippen LogP contribution in [0.3, 0.4) is 0 Å². The maximum Gasteiger partial charge on any atom is 0.164 e. The van der Waals surface area contributed by atoms with E-state index < -0.39 is 17.7 Å². The molecule has 106 valence electrons. The number of aliphatic hydroxyl groups is 1. The Labute approximate surface area is 117 Å². The van der Waals surface area contributed by atoms with Crippen molar-refractivity contribution in [2.24, 2.45) is 0 Å². The number of aryl methyl sites for hydroxylation is 1. The highest BCUT2D eigenvalue weighted by molar-refractivity contribution is 5.33. The lowest BCUT2D eigenvalue weighted by atomic mass is 9.98. The van der Waals surface area contributed by atoms with E-state index in [0.717, 1.165) is 25.3 Å². The van der Waals surface area contributed by atoms with Crippen molar-refractivity contribution < 1.29 is 13.9 Å². The Kier molecular flexibility index (Phi) is 4.85. The zero-order valence-corrected chi connectivity index (χ0v) is 11.4. The number of aliphatic hydroxyl groups excluding tert-OH is 1. The molecule has 0 aliphatic rings. The van der Waals surface area contributed by atoms with Gasteiger partial charge < -0.3 is 5.11 Å². The Balaban J connectivity index is 2.20. The van der Waals surface area contributed by atoms with E-state index in [-0.39, 0.29) is 5.56 Å². The topological polar surface area (TPSA) is 20.2 Å². The molecule has 0 saturated heterocycles. The Morgan fingerprint density at radius 3 is 2.40 bits per heavy atom. The van der Waals surface area contributed by atoms with Crippen LogP contribution in [0.15, 0.2) is 42.5 Å². The number of hydrogen-bond donors (Lipinski definition) is 1. The van der Waals surface area contributed by atoms with Gasteiger partial charge in [0.15, 0.2) is 11.6 Å². The first-order chi connectivity index (χ1) is 9.63. The van der Waals surface area contributed by atoms with E-state index in [2.05, 4.69) is 6.92 Å². The van der Waals surface area contributed by atoms with E-state index in [4.69, 9.17) is 0 Å². The molecule has 0 aromatic heterocycles. The summed E-state index contributed by atoms with van der Waals surface area (Å²) in [6.07, 6.45) is 2.08. The third-order valence-electron chi connectivity index (χ3n) is 3.39. The van der Waals surface area contributed by atoms with Crippen molar-refractivity contribution in [3.63, 3.8) is 0 Å². The molecular weight excluding hydrogens is 258 g/mol. The second-order valence-corrected chi connectivity index (χ2v) is 4.89. The first kappa shape index (κ1) is 14.7. The molecule has 2 aromatic rings. The monoisotopic (exact) mass is 276 g/mol. The van der Waals surface area contributed by atoms with E-state index in [1.807, 2.05) is 12.1 Å². The number of benzene rings is 2. The Morgan fingerprint density at radius 2 is 1.75 bits per heavy atom. The summed E-state index contributed by atoms with van der Waals surface area (Å²) in [5, 5.41) is 10.2. The van der Waals surface area contributed by atoms with E-state index >= 15 is 0 Å². The van der Waals surface area contributed by atoms with Gasteiger partial charge in [-0.25, -0.2) is 8.78 Å². The molecule has 0 spiro atoms. The summed E-state index contributed by atoms with van der Waals surface area (Å²) in [6, 6.07) is 11.2. The van der Waals surface area contributed by atoms with Crippen LogP contribution in [0, 0.1) is 11.6 Å². The lowest BCUT2D eigenvalue weighted by molar-refractivity contribution is 0.213. The number of hydrogen-bond acceptors (Lipinski definition) is 1. The van der Waals surface area contributed by atoms with Crippen LogP contribution < -0.4 is 0 Å². The van der Waals surface area contributed by atoms with Gasteiger partial charge in [-0.2, -0.15) is 0 Å². The summed E-state index contributed by atoms with van der Waals surface area (Å²) < 4.78 is 26.8. The van der Waals surface area contributed by atoms with Crippen LogP contribution in [0.25, 0.3) is 0 Å². The van der Waals surface area contributed by atoms with Crippen molar-refractivity contribution in [1.29, 1.82) is 0 Å². The van der Waals surface area contributed by atoms with Crippen molar-refractivity contribution in [3.8, 4) is 0 Å². The van der Waals surface area contributed by atoms with Crippen molar-refractivity contribution in [2.45, 2.75) is 32.3 Å². The summed E-state index contributed by atoms with van der Waals surface area (Å²) in [4.78, 5) is 0. The van der Waals surface area contributed by atoms with E-state index in [9.17, 15) is 13.9 Å². The average molecular weight is 276 g/mol. The Bertz CT molecular complexity index is 564. The molecule has 0 fully saturated rings. The van der Waals surface area contributed by atoms with Crippen molar-refractivity contribution in [2.75, 3.05) is 0 Å². The fraction of sp³-hybridized carbons (Fsp3) is 0.294. The Hall–Kier alpha value is -1.74. The zero-order chi connectivity index (χ0) is 14.5.